The molecular formula is C14H15F3N2O5. The van der Waals surface area contributed by atoms with E-state index in [4.69, 9.17) is 4.74 Å². The van der Waals surface area contributed by atoms with Gasteiger partial charge in [-0.05, 0) is 13.0 Å². The van der Waals surface area contributed by atoms with Crippen LogP contribution in [0.25, 0.3) is 0 Å². The Balaban J connectivity index is 3.04. The van der Waals surface area contributed by atoms with Gasteiger partial charge in [0.25, 0.3) is 11.6 Å². The second-order valence-corrected chi connectivity index (χ2v) is 5.21. The van der Waals surface area contributed by atoms with E-state index >= 15 is 0 Å². The highest BCUT2D eigenvalue weighted by Crippen LogP contribution is 2.37. The van der Waals surface area contributed by atoms with Crippen molar-refractivity contribution in [2.24, 2.45) is 5.92 Å². The zero-order chi connectivity index (χ0) is 18.7. The van der Waals surface area contributed by atoms with Crippen molar-refractivity contribution < 1.29 is 32.4 Å². The molecule has 0 unspecified atom stereocenters. The number of nitro groups is 1. The Morgan fingerprint density at radius 3 is 2.29 bits per heavy atom. The monoisotopic (exact) mass is 348 g/mol. The predicted molar refractivity (Wildman–Crippen MR) is 77.1 cm³/mol. The Bertz CT molecular complexity index is 658. The van der Waals surface area contributed by atoms with E-state index in [1.165, 1.54) is 20.8 Å². The molecule has 0 saturated heterocycles. The van der Waals surface area contributed by atoms with E-state index in [-0.39, 0.29) is 0 Å². The Labute approximate surface area is 134 Å². The number of nitrogens with one attached hydrogen (secondary N) is 1. The Morgan fingerprint density at radius 2 is 1.83 bits per heavy atom. The van der Waals surface area contributed by atoms with Gasteiger partial charge in [-0.15, -0.1) is 0 Å². The van der Waals surface area contributed by atoms with Gasteiger partial charge in [0, 0.05) is 12.1 Å². The molecule has 0 aliphatic carbocycles. The van der Waals surface area contributed by atoms with Crippen molar-refractivity contribution in [3.8, 4) is 0 Å². The standard InChI is InChI=1S/C14H15F3N2O5/c1-7(2)13(21)24-8(3)12(20)18-11-5-4-9(19(22)23)6-10(11)14(15,16)17/h4-8H,1-3H3,(H,18,20)/t8-/m1/s1. The number of hydrogen-bond donors (Lipinski definition) is 1. The minimum Gasteiger partial charge on any atom is -0.452 e. The molecule has 0 aliphatic rings. The number of carbonyl (C=O) groups is 2. The van der Waals surface area contributed by atoms with Crippen LogP contribution in [0.5, 0.6) is 0 Å². The molecule has 1 aromatic carbocycles. The van der Waals surface area contributed by atoms with Crippen molar-refractivity contribution in [2.75, 3.05) is 5.32 Å². The van der Waals surface area contributed by atoms with E-state index < -0.39 is 51.9 Å². The minimum atomic E-state index is -4.91. The molecule has 1 aromatic rings. The molecule has 0 aromatic heterocycles. The topological polar surface area (TPSA) is 98.5 Å². The lowest BCUT2D eigenvalue weighted by atomic mass is 10.1. The van der Waals surface area contributed by atoms with Gasteiger partial charge in [0.15, 0.2) is 6.10 Å². The zero-order valence-corrected chi connectivity index (χ0v) is 13.0. The van der Waals surface area contributed by atoms with Crippen molar-refractivity contribution >= 4 is 23.3 Å². The molecule has 0 bridgehead atoms. The Kier molecular flexibility index (Phi) is 5.88. The van der Waals surface area contributed by atoms with Crippen molar-refractivity contribution in [2.45, 2.75) is 33.1 Å². The van der Waals surface area contributed by atoms with Crippen LogP contribution in [0.1, 0.15) is 26.3 Å². The average molecular weight is 348 g/mol. The van der Waals surface area contributed by atoms with Crippen LogP contribution >= 0.6 is 0 Å². The lowest BCUT2D eigenvalue weighted by Gasteiger charge is -2.17. The van der Waals surface area contributed by atoms with Crippen LogP contribution < -0.4 is 5.32 Å². The van der Waals surface area contributed by atoms with Crippen LogP contribution in [-0.4, -0.2) is 22.9 Å². The van der Waals surface area contributed by atoms with Crippen LogP contribution in [0.15, 0.2) is 18.2 Å². The van der Waals surface area contributed by atoms with Crippen molar-refractivity contribution in [1.29, 1.82) is 0 Å². The summed E-state index contributed by atoms with van der Waals surface area (Å²) in [6.45, 7) is 4.27. The van der Waals surface area contributed by atoms with Crippen LogP contribution in [0.4, 0.5) is 24.5 Å². The van der Waals surface area contributed by atoms with Gasteiger partial charge >= 0.3 is 12.1 Å². The number of nitro benzene ring substituents is 1. The molecule has 1 rings (SSSR count). The number of amides is 1. The van der Waals surface area contributed by atoms with E-state index in [9.17, 15) is 32.9 Å². The number of non-ortho nitro benzene ring substituents is 1. The van der Waals surface area contributed by atoms with Crippen LogP contribution in [0.3, 0.4) is 0 Å². The molecule has 7 nitrogen and oxygen atoms in total. The van der Waals surface area contributed by atoms with E-state index in [1.54, 1.807) is 0 Å². The minimum absolute atomic E-state index is 0.320. The van der Waals surface area contributed by atoms with E-state index in [0.29, 0.717) is 6.07 Å². The summed E-state index contributed by atoms with van der Waals surface area (Å²) >= 11 is 0. The maximum absolute atomic E-state index is 13.0. The summed E-state index contributed by atoms with van der Waals surface area (Å²) in [4.78, 5) is 32.9. The van der Waals surface area contributed by atoms with Gasteiger partial charge in [-0.1, -0.05) is 13.8 Å². The number of benzene rings is 1. The smallest absolute Gasteiger partial charge is 0.418 e. The molecule has 1 amide bonds. The fourth-order valence-electron chi connectivity index (χ4n) is 1.59. The summed E-state index contributed by atoms with van der Waals surface area (Å²) < 4.78 is 43.8. The fourth-order valence-corrected chi connectivity index (χ4v) is 1.59. The van der Waals surface area contributed by atoms with Crippen molar-refractivity contribution in [3.05, 3.63) is 33.9 Å². The second kappa shape index (κ2) is 7.28. The van der Waals surface area contributed by atoms with Crippen molar-refractivity contribution in [1.82, 2.24) is 0 Å². The third-order valence-electron chi connectivity index (χ3n) is 2.91. The van der Waals surface area contributed by atoms with Gasteiger partial charge in [0.2, 0.25) is 0 Å². The number of carbonyl (C=O) groups excluding carboxylic acids is 2. The molecule has 10 heteroatoms. The highest BCUT2D eigenvalue weighted by Gasteiger charge is 2.36. The van der Waals surface area contributed by atoms with Gasteiger partial charge in [-0.3, -0.25) is 19.7 Å². The third kappa shape index (κ3) is 4.93. The number of alkyl halides is 3. The molecule has 0 fully saturated rings. The summed E-state index contributed by atoms with van der Waals surface area (Å²) in [7, 11) is 0. The number of rotatable bonds is 5. The Hall–Kier alpha value is -2.65. The first-order valence-electron chi connectivity index (χ1n) is 6.80. The van der Waals surface area contributed by atoms with Gasteiger partial charge in [-0.25, -0.2) is 0 Å². The largest absolute Gasteiger partial charge is 0.452 e. The molecule has 0 spiro atoms. The van der Waals surface area contributed by atoms with Crippen LogP contribution in [0.2, 0.25) is 0 Å². The molecule has 0 heterocycles. The van der Waals surface area contributed by atoms with Gasteiger partial charge < -0.3 is 10.1 Å². The van der Waals surface area contributed by atoms with E-state index in [2.05, 4.69) is 0 Å². The normalized spacial score (nSPS) is 12.6. The number of halogens is 3. The van der Waals surface area contributed by atoms with E-state index in [1.807, 2.05) is 5.32 Å². The van der Waals surface area contributed by atoms with E-state index in [0.717, 1.165) is 12.1 Å². The lowest BCUT2D eigenvalue weighted by molar-refractivity contribution is -0.385. The first-order chi connectivity index (χ1) is 10.9. The third-order valence-corrected chi connectivity index (χ3v) is 2.91. The molecular weight excluding hydrogens is 333 g/mol. The maximum Gasteiger partial charge on any atom is 0.418 e. The predicted octanol–water partition coefficient (Wildman–Crippen LogP) is 3.14. The summed E-state index contributed by atoms with van der Waals surface area (Å²) in [6, 6.07) is 1.92. The highest BCUT2D eigenvalue weighted by molar-refractivity contribution is 5.96. The molecule has 1 N–H and O–H groups in total. The summed E-state index contributed by atoms with van der Waals surface area (Å²) in [5, 5.41) is 12.6. The summed E-state index contributed by atoms with van der Waals surface area (Å²) in [6.07, 6.45) is -6.23. The summed E-state index contributed by atoms with van der Waals surface area (Å²) in [5.41, 5.74) is -2.79. The SMILES string of the molecule is CC(C)C(=O)O[C@H](C)C(=O)Nc1ccc([N+](=O)[O-])cc1C(F)(F)F. The fraction of sp³-hybridized carbons (Fsp3) is 0.429. The maximum atomic E-state index is 13.0. The number of ether oxygens (including phenoxy) is 1. The molecule has 0 radical (unpaired) electrons. The molecule has 1 atom stereocenters. The lowest BCUT2D eigenvalue weighted by Crippen LogP contribution is -2.32. The summed E-state index contributed by atoms with van der Waals surface area (Å²) in [5.74, 6) is -2.17. The second-order valence-electron chi connectivity index (χ2n) is 5.21. The first-order valence-corrected chi connectivity index (χ1v) is 6.80. The molecule has 24 heavy (non-hydrogen) atoms. The average Bonchev–Trinajstić information content (AvgIpc) is 2.45. The first kappa shape index (κ1) is 19.4. The highest BCUT2D eigenvalue weighted by atomic mass is 19.4. The number of nitrogens with zero attached hydrogens (tertiary/aromatic N) is 1. The number of esters is 1. The molecule has 132 valence electrons. The number of hydrogen-bond acceptors (Lipinski definition) is 5. The molecule has 0 aliphatic heterocycles. The van der Waals surface area contributed by atoms with Gasteiger partial charge in [0.1, 0.15) is 0 Å². The van der Waals surface area contributed by atoms with Crippen LogP contribution in [-0.2, 0) is 20.5 Å². The quantitative estimate of drug-likeness (QED) is 0.501. The molecule has 0 saturated carbocycles. The Morgan fingerprint density at radius 1 is 1.25 bits per heavy atom. The number of anilines is 1. The van der Waals surface area contributed by atoms with Gasteiger partial charge in [0.05, 0.1) is 22.1 Å². The van der Waals surface area contributed by atoms with Gasteiger partial charge in [-0.2, -0.15) is 13.2 Å². The van der Waals surface area contributed by atoms with Crippen molar-refractivity contribution in [3.63, 3.8) is 0 Å². The zero-order valence-electron chi connectivity index (χ0n) is 13.0. The van der Waals surface area contributed by atoms with Crippen LogP contribution in [0, 0.1) is 16.0 Å².